The van der Waals surface area contributed by atoms with Crippen molar-refractivity contribution in [1.29, 1.82) is 0 Å². The lowest BCUT2D eigenvalue weighted by Crippen LogP contribution is -2.50. The van der Waals surface area contributed by atoms with Crippen molar-refractivity contribution in [2.24, 2.45) is 5.92 Å². The molecule has 1 aliphatic rings. The van der Waals surface area contributed by atoms with Gasteiger partial charge in [-0.05, 0) is 6.07 Å². The van der Waals surface area contributed by atoms with E-state index in [1.165, 1.54) is 14.2 Å². The summed E-state index contributed by atoms with van der Waals surface area (Å²) in [5.41, 5.74) is 0.371. The summed E-state index contributed by atoms with van der Waals surface area (Å²) in [5.74, 6) is 0.384. The average Bonchev–Trinajstić information content (AvgIpc) is 2.36. The van der Waals surface area contributed by atoms with Crippen LogP contribution in [0.25, 0.3) is 0 Å². The predicted octanol–water partition coefficient (Wildman–Crippen LogP) is 1.14. The molecule has 98 valence electrons. The highest BCUT2D eigenvalue weighted by molar-refractivity contribution is 5.97. The molecule has 0 unspecified atom stereocenters. The lowest BCUT2D eigenvalue weighted by Gasteiger charge is -2.37. The number of ether oxygens (including phenoxy) is 2. The van der Waals surface area contributed by atoms with E-state index in [-0.39, 0.29) is 24.4 Å². The number of carbonyl (C=O) groups excluding carboxylic acids is 1. The molecule has 0 aromatic carbocycles. The number of hydrogen-bond donors (Lipinski definition) is 0. The summed E-state index contributed by atoms with van der Waals surface area (Å²) in [6, 6.07) is 3.21. The van der Waals surface area contributed by atoms with Crippen molar-refractivity contribution >= 4 is 5.91 Å². The fraction of sp³-hybridized carbons (Fsp3) is 0.500. The molecule has 1 aromatic rings. The molecular weight excluding hydrogens is 239 g/mol. The van der Waals surface area contributed by atoms with Gasteiger partial charge in [0.1, 0.15) is 5.56 Å². The van der Waals surface area contributed by atoms with E-state index in [2.05, 4.69) is 4.98 Å². The van der Waals surface area contributed by atoms with Gasteiger partial charge in [0.15, 0.2) is 0 Å². The number of rotatable bonds is 4. The summed E-state index contributed by atoms with van der Waals surface area (Å²) in [7, 11) is 2.93. The highest BCUT2D eigenvalue weighted by Gasteiger charge is 2.32. The summed E-state index contributed by atoms with van der Waals surface area (Å²) < 4.78 is 22.4. The standard InChI is InChI=1S/C12H15FN2O3/c1-17-10-4-3-9(11(14-10)18-2)12(16)15-6-8(5-13)7-15/h3-4,8H,5-7H2,1-2H3. The highest BCUT2D eigenvalue weighted by atomic mass is 19.1. The summed E-state index contributed by atoms with van der Waals surface area (Å²) in [4.78, 5) is 17.7. The molecule has 0 bridgehead atoms. The number of carbonyl (C=O) groups is 1. The first-order chi connectivity index (χ1) is 8.69. The molecule has 1 aromatic heterocycles. The molecule has 0 atom stereocenters. The Morgan fingerprint density at radius 2 is 2.17 bits per heavy atom. The van der Waals surface area contributed by atoms with Crippen LogP contribution in [-0.2, 0) is 0 Å². The van der Waals surface area contributed by atoms with Crippen molar-refractivity contribution in [3.63, 3.8) is 0 Å². The molecular formula is C12H15FN2O3. The van der Waals surface area contributed by atoms with Crippen LogP contribution in [0.3, 0.4) is 0 Å². The van der Waals surface area contributed by atoms with E-state index in [9.17, 15) is 9.18 Å². The van der Waals surface area contributed by atoms with Crippen molar-refractivity contribution in [2.75, 3.05) is 34.0 Å². The second-order valence-electron chi connectivity index (χ2n) is 4.14. The van der Waals surface area contributed by atoms with Crippen molar-refractivity contribution < 1.29 is 18.7 Å². The van der Waals surface area contributed by atoms with Gasteiger partial charge in [-0.1, -0.05) is 0 Å². The Balaban J connectivity index is 2.15. The fourth-order valence-electron chi connectivity index (χ4n) is 1.86. The Labute approximate surface area is 105 Å². The third-order valence-corrected chi connectivity index (χ3v) is 2.93. The molecule has 2 heterocycles. The van der Waals surface area contributed by atoms with Crippen molar-refractivity contribution in [1.82, 2.24) is 9.88 Å². The zero-order chi connectivity index (χ0) is 13.1. The molecule has 0 aliphatic carbocycles. The minimum Gasteiger partial charge on any atom is -0.481 e. The van der Waals surface area contributed by atoms with E-state index >= 15 is 0 Å². The van der Waals surface area contributed by atoms with Crippen LogP contribution >= 0.6 is 0 Å². The minimum absolute atomic E-state index is 0.0360. The molecule has 0 saturated carbocycles. The van der Waals surface area contributed by atoms with Crippen molar-refractivity contribution in [3.8, 4) is 11.8 Å². The Hall–Kier alpha value is -1.85. The maximum atomic E-state index is 12.3. The zero-order valence-electron chi connectivity index (χ0n) is 10.4. The number of methoxy groups -OCH3 is 2. The molecule has 1 saturated heterocycles. The van der Waals surface area contributed by atoms with E-state index < -0.39 is 0 Å². The lowest BCUT2D eigenvalue weighted by atomic mass is 10.0. The van der Waals surface area contributed by atoms with Gasteiger partial charge in [0, 0.05) is 25.1 Å². The average molecular weight is 254 g/mol. The van der Waals surface area contributed by atoms with Crippen LogP contribution in [-0.4, -0.2) is 49.8 Å². The van der Waals surface area contributed by atoms with Crippen LogP contribution < -0.4 is 9.47 Å². The number of halogens is 1. The normalized spacial score (nSPS) is 15.2. The number of alkyl halides is 1. The van der Waals surface area contributed by atoms with Gasteiger partial charge in [-0.25, -0.2) is 0 Å². The van der Waals surface area contributed by atoms with E-state index in [0.717, 1.165) is 0 Å². The van der Waals surface area contributed by atoms with Crippen LogP contribution in [0.15, 0.2) is 12.1 Å². The van der Waals surface area contributed by atoms with Gasteiger partial charge < -0.3 is 14.4 Å². The third kappa shape index (κ3) is 2.23. The molecule has 1 amide bonds. The van der Waals surface area contributed by atoms with Crippen LogP contribution in [0.4, 0.5) is 4.39 Å². The minimum atomic E-state index is -0.387. The first-order valence-corrected chi connectivity index (χ1v) is 5.63. The molecule has 18 heavy (non-hydrogen) atoms. The van der Waals surface area contributed by atoms with E-state index in [4.69, 9.17) is 9.47 Å². The fourth-order valence-corrected chi connectivity index (χ4v) is 1.86. The number of likely N-dealkylation sites (tertiary alicyclic amines) is 1. The first kappa shape index (κ1) is 12.6. The maximum Gasteiger partial charge on any atom is 0.259 e. The molecule has 0 N–H and O–H groups in total. The number of hydrogen-bond acceptors (Lipinski definition) is 4. The Morgan fingerprint density at radius 3 is 2.72 bits per heavy atom. The largest absolute Gasteiger partial charge is 0.481 e. The van der Waals surface area contributed by atoms with Gasteiger partial charge in [-0.15, -0.1) is 0 Å². The molecule has 1 aliphatic heterocycles. The SMILES string of the molecule is COc1ccc(C(=O)N2CC(CF)C2)c(OC)n1. The van der Waals surface area contributed by atoms with Gasteiger partial charge in [0.2, 0.25) is 11.8 Å². The molecule has 5 nitrogen and oxygen atoms in total. The Kier molecular flexibility index (Phi) is 3.64. The van der Waals surface area contributed by atoms with Crippen LogP contribution in [0, 0.1) is 5.92 Å². The zero-order valence-corrected chi connectivity index (χ0v) is 10.4. The molecule has 0 radical (unpaired) electrons. The Morgan fingerprint density at radius 1 is 1.44 bits per heavy atom. The maximum absolute atomic E-state index is 12.3. The number of amides is 1. The third-order valence-electron chi connectivity index (χ3n) is 2.93. The van der Waals surface area contributed by atoms with Gasteiger partial charge in [0.05, 0.1) is 20.9 Å². The van der Waals surface area contributed by atoms with Gasteiger partial charge in [-0.3, -0.25) is 9.18 Å². The van der Waals surface area contributed by atoms with Crippen LogP contribution in [0.2, 0.25) is 0 Å². The molecule has 6 heteroatoms. The topological polar surface area (TPSA) is 51.7 Å². The summed E-state index contributed by atoms with van der Waals surface area (Å²) in [5, 5.41) is 0. The Bertz CT molecular complexity index is 447. The van der Waals surface area contributed by atoms with Crippen LogP contribution in [0.5, 0.6) is 11.8 Å². The number of aromatic nitrogens is 1. The van der Waals surface area contributed by atoms with Gasteiger partial charge in [0.25, 0.3) is 5.91 Å². The molecule has 0 spiro atoms. The predicted molar refractivity (Wildman–Crippen MR) is 62.7 cm³/mol. The summed E-state index contributed by atoms with van der Waals surface area (Å²) in [6.07, 6.45) is 0. The smallest absolute Gasteiger partial charge is 0.259 e. The monoisotopic (exact) mass is 254 g/mol. The second-order valence-corrected chi connectivity index (χ2v) is 4.14. The van der Waals surface area contributed by atoms with E-state index in [0.29, 0.717) is 24.5 Å². The van der Waals surface area contributed by atoms with Crippen LogP contribution in [0.1, 0.15) is 10.4 Å². The molecule has 2 rings (SSSR count). The summed E-state index contributed by atoms with van der Waals surface area (Å²) >= 11 is 0. The highest BCUT2D eigenvalue weighted by Crippen LogP contribution is 2.25. The lowest BCUT2D eigenvalue weighted by molar-refractivity contribution is 0.0449. The number of nitrogens with zero attached hydrogens (tertiary/aromatic N) is 2. The van der Waals surface area contributed by atoms with Gasteiger partial charge >= 0.3 is 0 Å². The first-order valence-electron chi connectivity index (χ1n) is 5.63. The molecule has 1 fully saturated rings. The van der Waals surface area contributed by atoms with E-state index in [1.54, 1.807) is 17.0 Å². The van der Waals surface area contributed by atoms with Gasteiger partial charge in [-0.2, -0.15) is 4.98 Å². The van der Waals surface area contributed by atoms with E-state index in [1.807, 2.05) is 0 Å². The number of pyridine rings is 1. The van der Waals surface area contributed by atoms with Crippen molar-refractivity contribution in [2.45, 2.75) is 0 Å². The van der Waals surface area contributed by atoms with Crippen molar-refractivity contribution in [3.05, 3.63) is 17.7 Å². The quantitative estimate of drug-likeness (QED) is 0.808. The summed E-state index contributed by atoms with van der Waals surface area (Å²) in [6.45, 7) is 0.511. The second kappa shape index (κ2) is 5.20.